The minimum Gasteiger partial charge on any atom is -0.463 e. The van der Waals surface area contributed by atoms with E-state index in [1.165, 1.54) is 7.11 Å². The van der Waals surface area contributed by atoms with Crippen molar-refractivity contribution in [1.29, 1.82) is 0 Å². The van der Waals surface area contributed by atoms with Gasteiger partial charge >= 0.3 is 5.97 Å². The summed E-state index contributed by atoms with van der Waals surface area (Å²) in [6.07, 6.45) is 6.10. The van der Waals surface area contributed by atoms with E-state index in [0.29, 0.717) is 0 Å². The maximum Gasteiger partial charge on any atom is 0.373 e. The zero-order valence-corrected chi connectivity index (χ0v) is 12.7. The highest BCUT2D eigenvalue weighted by molar-refractivity contribution is 5.86. The van der Waals surface area contributed by atoms with Crippen molar-refractivity contribution in [3.63, 3.8) is 0 Å². The number of hydrogen-bond acceptors (Lipinski definition) is 5. The average Bonchev–Trinajstić information content (AvgIpc) is 3.02. The molecular weight excluding hydrogens is 268 g/mol. The molecule has 1 aromatic heterocycles. The summed E-state index contributed by atoms with van der Waals surface area (Å²) in [7, 11) is 1.35. The molecule has 0 amide bonds. The molecule has 0 radical (unpaired) electrons. The van der Waals surface area contributed by atoms with Crippen LogP contribution in [0.1, 0.15) is 35.7 Å². The van der Waals surface area contributed by atoms with Crippen molar-refractivity contribution >= 4 is 5.97 Å². The molecule has 1 saturated heterocycles. The first-order valence-corrected chi connectivity index (χ1v) is 7.23. The quantitative estimate of drug-likeness (QED) is 0.611. The largest absolute Gasteiger partial charge is 0.463 e. The van der Waals surface area contributed by atoms with Gasteiger partial charge in [0, 0.05) is 39.1 Å². The summed E-state index contributed by atoms with van der Waals surface area (Å²) < 4.78 is 10.2. The van der Waals surface area contributed by atoms with E-state index in [-0.39, 0.29) is 11.8 Å². The highest BCUT2D eigenvalue weighted by Crippen LogP contribution is 2.24. The Kier molecular flexibility index (Phi) is 5.43. The molecule has 1 atom stereocenters. The molecule has 0 aromatic carbocycles. The minimum atomic E-state index is -0.437. The van der Waals surface area contributed by atoms with Crippen molar-refractivity contribution in [3.8, 4) is 12.3 Å². The van der Waals surface area contributed by atoms with Gasteiger partial charge in [0.25, 0.3) is 0 Å². The zero-order chi connectivity index (χ0) is 15.2. The lowest BCUT2D eigenvalue weighted by molar-refractivity contribution is 0.0553. The predicted molar refractivity (Wildman–Crippen MR) is 79.9 cm³/mol. The molecule has 1 aliphatic rings. The fourth-order valence-electron chi connectivity index (χ4n) is 2.56. The van der Waals surface area contributed by atoms with E-state index < -0.39 is 5.97 Å². The van der Waals surface area contributed by atoms with E-state index in [1.54, 1.807) is 6.07 Å². The van der Waals surface area contributed by atoms with Crippen LogP contribution in [0.2, 0.25) is 0 Å². The summed E-state index contributed by atoms with van der Waals surface area (Å²) in [6, 6.07) is 3.67. The van der Waals surface area contributed by atoms with Crippen LogP contribution in [0.15, 0.2) is 16.5 Å². The SMILES string of the molecule is C#CCCN1CCN([C@H](C)c2ccc(C(=O)OC)o2)CC1. The Bertz CT molecular complexity index is 510. The molecule has 0 bridgehead atoms. The fraction of sp³-hybridized carbons (Fsp3) is 0.562. The van der Waals surface area contributed by atoms with Crippen molar-refractivity contribution in [1.82, 2.24) is 9.80 Å². The molecule has 0 unspecified atom stereocenters. The minimum absolute atomic E-state index is 0.151. The van der Waals surface area contributed by atoms with Crippen LogP contribution >= 0.6 is 0 Å². The number of ether oxygens (including phenoxy) is 1. The van der Waals surface area contributed by atoms with Crippen molar-refractivity contribution in [2.75, 3.05) is 39.8 Å². The third kappa shape index (κ3) is 3.87. The summed E-state index contributed by atoms with van der Waals surface area (Å²) in [5, 5.41) is 0. The van der Waals surface area contributed by atoms with Gasteiger partial charge in [-0.15, -0.1) is 12.3 Å². The molecule has 5 heteroatoms. The number of furan rings is 1. The molecule has 2 heterocycles. The number of piperazine rings is 1. The summed E-state index contributed by atoms with van der Waals surface area (Å²) in [5.74, 6) is 3.30. The number of methoxy groups -OCH3 is 1. The molecule has 5 nitrogen and oxygen atoms in total. The van der Waals surface area contributed by atoms with Gasteiger partial charge < -0.3 is 9.15 Å². The van der Waals surface area contributed by atoms with Gasteiger partial charge in [-0.05, 0) is 19.1 Å². The van der Waals surface area contributed by atoms with Gasteiger partial charge in [0.15, 0.2) is 0 Å². The molecule has 1 fully saturated rings. The number of hydrogen-bond donors (Lipinski definition) is 0. The van der Waals surface area contributed by atoms with Gasteiger partial charge in [0.05, 0.1) is 13.2 Å². The van der Waals surface area contributed by atoms with Crippen LogP contribution in [0.4, 0.5) is 0 Å². The second kappa shape index (κ2) is 7.30. The molecule has 0 N–H and O–H groups in total. The topological polar surface area (TPSA) is 45.9 Å². The number of esters is 1. The van der Waals surface area contributed by atoms with Crippen LogP contribution in [-0.4, -0.2) is 55.6 Å². The molecule has 0 spiro atoms. The Balaban J connectivity index is 1.90. The lowest BCUT2D eigenvalue weighted by Gasteiger charge is -2.37. The van der Waals surface area contributed by atoms with Gasteiger partial charge in [-0.3, -0.25) is 9.80 Å². The zero-order valence-electron chi connectivity index (χ0n) is 12.7. The van der Waals surface area contributed by atoms with Gasteiger partial charge in [-0.2, -0.15) is 0 Å². The molecule has 2 rings (SSSR count). The predicted octanol–water partition coefficient (Wildman–Crippen LogP) is 1.77. The van der Waals surface area contributed by atoms with Gasteiger partial charge in [-0.1, -0.05) is 0 Å². The maximum atomic E-state index is 11.4. The van der Waals surface area contributed by atoms with E-state index in [9.17, 15) is 4.79 Å². The fourth-order valence-corrected chi connectivity index (χ4v) is 2.56. The molecular formula is C16H22N2O3. The first-order chi connectivity index (χ1) is 10.2. The summed E-state index contributed by atoms with van der Waals surface area (Å²) >= 11 is 0. The standard InChI is InChI=1S/C16H22N2O3/c1-4-5-8-17-9-11-18(12-10-17)13(2)14-6-7-15(21-14)16(19)20-3/h1,6-7,13H,5,8-12H2,2-3H3/t13-/m1/s1. The Morgan fingerprint density at radius 3 is 2.76 bits per heavy atom. The monoisotopic (exact) mass is 290 g/mol. The number of terminal acetylenes is 1. The summed E-state index contributed by atoms with van der Waals surface area (Å²) in [5.41, 5.74) is 0. The van der Waals surface area contributed by atoms with Crippen molar-refractivity contribution in [2.45, 2.75) is 19.4 Å². The van der Waals surface area contributed by atoms with Crippen molar-refractivity contribution < 1.29 is 13.9 Å². The van der Waals surface area contributed by atoms with Gasteiger partial charge in [0.1, 0.15) is 5.76 Å². The van der Waals surface area contributed by atoms with Gasteiger partial charge in [0.2, 0.25) is 5.76 Å². The Morgan fingerprint density at radius 2 is 2.14 bits per heavy atom. The van der Waals surface area contributed by atoms with Crippen LogP contribution < -0.4 is 0 Å². The molecule has 114 valence electrons. The number of nitrogens with zero attached hydrogens (tertiary/aromatic N) is 2. The second-order valence-electron chi connectivity index (χ2n) is 5.20. The van der Waals surface area contributed by atoms with Gasteiger partial charge in [-0.25, -0.2) is 4.79 Å². The van der Waals surface area contributed by atoms with E-state index in [2.05, 4.69) is 27.4 Å². The van der Waals surface area contributed by atoms with E-state index in [1.807, 2.05) is 6.07 Å². The Hall–Kier alpha value is -1.77. The summed E-state index contributed by atoms with van der Waals surface area (Å²) in [4.78, 5) is 16.2. The number of carbonyl (C=O) groups is 1. The molecule has 1 aliphatic heterocycles. The number of rotatable bonds is 5. The van der Waals surface area contributed by atoms with Crippen LogP contribution in [0.25, 0.3) is 0 Å². The summed E-state index contributed by atoms with van der Waals surface area (Å²) in [6.45, 7) is 7.02. The van der Waals surface area contributed by atoms with E-state index >= 15 is 0 Å². The van der Waals surface area contributed by atoms with Crippen LogP contribution in [0.3, 0.4) is 0 Å². The molecule has 1 aromatic rings. The molecule has 0 aliphatic carbocycles. The molecule has 0 saturated carbocycles. The lowest BCUT2D eigenvalue weighted by Crippen LogP contribution is -2.47. The average molecular weight is 290 g/mol. The van der Waals surface area contributed by atoms with Crippen molar-refractivity contribution in [3.05, 3.63) is 23.7 Å². The first kappa shape index (κ1) is 15.6. The third-order valence-corrected chi connectivity index (χ3v) is 3.95. The van der Waals surface area contributed by atoms with E-state index in [4.69, 9.17) is 10.8 Å². The van der Waals surface area contributed by atoms with Crippen LogP contribution in [0.5, 0.6) is 0 Å². The Morgan fingerprint density at radius 1 is 1.43 bits per heavy atom. The van der Waals surface area contributed by atoms with Crippen molar-refractivity contribution in [2.24, 2.45) is 0 Å². The second-order valence-corrected chi connectivity index (χ2v) is 5.20. The third-order valence-electron chi connectivity index (χ3n) is 3.95. The van der Waals surface area contributed by atoms with Crippen LogP contribution in [-0.2, 0) is 4.74 Å². The van der Waals surface area contributed by atoms with Crippen LogP contribution in [0, 0.1) is 12.3 Å². The first-order valence-electron chi connectivity index (χ1n) is 7.23. The highest BCUT2D eigenvalue weighted by atomic mass is 16.5. The van der Waals surface area contributed by atoms with E-state index in [0.717, 1.165) is 44.9 Å². The molecule has 21 heavy (non-hydrogen) atoms. The normalized spacial score (nSPS) is 18.1. The smallest absolute Gasteiger partial charge is 0.373 e. The lowest BCUT2D eigenvalue weighted by atomic mass is 10.2. The Labute approximate surface area is 125 Å². The highest BCUT2D eigenvalue weighted by Gasteiger charge is 2.24. The maximum absolute atomic E-state index is 11.4. The number of carbonyl (C=O) groups excluding carboxylic acids is 1.